The van der Waals surface area contributed by atoms with E-state index in [0.29, 0.717) is 23.2 Å². The first kappa shape index (κ1) is 33.1. The predicted molar refractivity (Wildman–Crippen MR) is 180 cm³/mol. The number of halogens is 3. The van der Waals surface area contributed by atoms with Crippen molar-refractivity contribution in [3.8, 4) is 17.1 Å². The fourth-order valence-electron chi connectivity index (χ4n) is 8.26. The molecule has 5 nitrogen and oxygen atoms in total. The molecule has 3 aromatic rings. The number of aryl methyl sites for hydroxylation is 2. The second-order valence-corrected chi connectivity index (χ2v) is 14.9. The Balaban J connectivity index is 0.00000182. The number of hydrogen-bond acceptors (Lipinski definition) is 6. The molecule has 0 amide bonds. The quantitative estimate of drug-likeness (QED) is 0.283. The summed E-state index contributed by atoms with van der Waals surface area (Å²) in [6.07, 6.45) is 0.773. The topological polar surface area (TPSA) is 50.3 Å². The van der Waals surface area contributed by atoms with Crippen molar-refractivity contribution in [3.63, 3.8) is 0 Å². The van der Waals surface area contributed by atoms with Gasteiger partial charge < -0.3 is 9.64 Å². The average molecular weight is 653 g/mol. The standard InChI is InChI=1S/C35H41F3N4OS.C2H6/c1-22-6-4-7-23(2)30(22)28-17-29-40-32(39-28)41-44-27-9-5-8-24(16-27)31(25-18-33(19-25)12-14-42(3)15-13-33)26(21-43-29)20-34(10-11-34)35(36,37)38;1-2/h4-9,16-17,25-26,31H,10-15,18-21H2,1-3H3,(H,39,40,41);1-2H3. The molecule has 1 N–H and O–H groups in total. The molecule has 2 aromatic carbocycles. The SMILES string of the molecule is CC.Cc1cccc(C)c1-c1cc2nc(n1)NSc1cccc(c1)C(C1CC3(CCN(C)CC3)C1)C(CC1(C(F)(F)F)CC1)CO2. The first-order valence-corrected chi connectivity index (χ1v) is 17.7. The highest BCUT2D eigenvalue weighted by atomic mass is 32.2. The molecule has 9 heteroatoms. The van der Waals surface area contributed by atoms with E-state index in [-0.39, 0.29) is 37.7 Å². The maximum absolute atomic E-state index is 14.5. The fraction of sp³-hybridized carbons (Fsp3) is 0.568. The molecule has 2 aliphatic heterocycles. The minimum Gasteiger partial charge on any atom is -0.477 e. The van der Waals surface area contributed by atoms with Gasteiger partial charge >= 0.3 is 6.18 Å². The normalized spacial score (nSPS) is 23.8. The van der Waals surface area contributed by atoms with Crippen LogP contribution in [0.4, 0.5) is 19.1 Å². The van der Waals surface area contributed by atoms with Gasteiger partial charge in [-0.1, -0.05) is 44.2 Å². The van der Waals surface area contributed by atoms with Gasteiger partial charge in [-0.25, -0.2) is 4.98 Å². The van der Waals surface area contributed by atoms with Gasteiger partial charge in [0.15, 0.2) is 0 Å². The number of aromatic nitrogens is 2. The molecule has 4 bridgehead atoms. The largest absolute Gasteiger partial charge is 0.477 e. The van der Waals surface area contributed by atoms with Crippen LogP contribution in [0, 0.1) is 36.5 Å². The zero-order valence-electron chi connectivity index (χ0n) is 27.7. The maximum Gasteiger partial charge on any atom is 0.394 e. The Morgan fingerprint density at radius 3 is 2.28 bits per heavy atom. The van der Waals surface area contributed by atoms with E-state index in [0.717, 1.165) is 58.8 Å². The number of rotatable bonds is 4. The van der Waals surface area contributed by atoms with Gasteiger partial charge in [-0.3, -0.25) is 4.72 Å². The number of fused-ring (bicyclic) bond motifs is 4. The molecule has 2 aliphatic carbocycles. The van der Waals surface area contributed by atoms with E-state index in [4.69, 9.17) is 9.72 Å². The van der Waals surface area contributed by atoms with Gasteiger partial charge in [0.05, 0.1) is 17.7 Å². The third kappa shape index (κ3) is 6.64. The van der Waals surface area contributed by atoms with E-state index in [2.05, 4.69) is 59.8 Å². The molecule has 2 saturated carbocycles. The van der Waals surface area contributed by atoms with Crippen LogP contribution in [-0.2, 0) is 0 Å². The Hall–Kier alpha value is -2.78. The van der Waals surface area contributed by atoms with Crippen LogP contribution < -0.4 is 9.46 Å². The number of likely N-dealkylation sites (tertiary alicyclic amines) is 1. The third-order valence-electron chi connectivity index (χ3n) is 11.0. The number of nitrogens with one attached hydrogen (secondary N) is 1. The van der Waals surface area contributed by atoms with Crippen molar-refractivity contribution in [2.24, 2.45) is 22.7 Å². The molecule has 2 atom stereocenters. The Kier molecular flexibility index (Phi) is 9.38. The summed E-state index contributed by atoms with van der Waals surface area (Å²) in [6.45, 7) is 10.5. The van der Waals surface area contributed by atoms with Gasteiger partial charge in [0, 0.05) is 22.4 Å². The summed E-state index contributed by atoms with van der Waals surface area (Å²) in [5.41, 5.74) is 3.77. The molecule has 248 valence electrons. The van der Waals surface area contributed by atoms with Gasteiger partial charge in [0.25, 0.3) is 0 Å². The van der Waals surface area contributed by atoms with Crippen LogP contribution in [0.5, 0.6) is 5.88 Å². The Labute approximate surface area is 276 Å². The molecule has 46 heavy (non-hydrogen) atoms. The average Bonchev–Trinajstić information content (AvgIpc) is 3.81. The van der Waals surface area contributed by atoms with Crippen molar-refractivity contribution in [3.05, 3.63) is 65.2 Å². The van der Waals surface area contributed by atoms with Crippen LogP contribution in [0.2, 0.25) is 0 Å². The van der Waals surface area contributed by atoms with Crippen LogP contribution in [-0.4, -0.2) is 47.8 Å². The number of hydrogen-bond donors (Lipinski definition) is 1. The lowest BCUT2D eigenvalue weighted by molar-refractivity contribution is -0.194. The van der Waals surface area contributed by atoms with Gasteiger partial charge in [-0.15, -0.1) is 0 Å². The summed E-state index contributed by atoms with van der Waals surface area (Å²) in [7, 11) is 2.18. The first-order valence-electron chi connectivity index (χ1n) is 16.9. The first-order chi connectivity index (χ1) is 22.0. The molecule has 1 aromatic heterocycles. The lowest BCUT2D eigenvalue weighted by atomic mass is 9.52. The molecular formula is C37H47F3N4OS. The van der Waals surface area contributed by atoms with Crippen LogP contribution in [0.15, 0.2) is 53.4 Å². The second kappa shape index (κ2) is 13.0. The fourth-order valence-corrected chi connectivity index (χ4v) is 8.90. The Morgan fingerprint density at radius 2 is 1.63 bits per heavy atom. The summed E-state index contributed by atoms with van der Waals surface area (Å²) in [5, 5.41) is 0. The summed E-state index contributed by atoms with van der Waals surface area (Å²) in [4.78, 5) is 12.9. The van der Waals surface area contributed by atoms with Crippen LogP contribution >= 0.6 is 11.9 Å². The van der Waals surface area contributed by atoms with Gasteiger partial charge in [0.2, 0.25) is 11.8 Å². The van der Waals surface area contributed by atoms with Crippen LogP contribution in [0.1, 0.15) is 81.4 Å². The van der Waals surface area contributed by atoms with Crippen molar-refractivity contribution in [2.45, 2.75) is 89.6 Å². The molecule has 1 saturated heterocycles. The number of ether oxygens (including phenoxy) is 1. The Bertz CT molecular complexity index is 1500. The molecule has 7 rings (SSSR count). The Morgan fingerprint density at radius 1 is 0.957 bits per heavy atom. The molecule has 2 unspecified atom stereocenters. The molecular weight excluding hydrogens is 605 g/mol. The maximum atomic E-state index is 14.5. The number of piperidine rings is 1. The van der Waals surface area contributed by atoms with Gasteiger partial charge in [0.1, 0.15) is 0 Å². The minimum absolute atomic E-state index is 0.0144. The van der Waals surface area contributed by atoms with Crippen LogP contribution in [0.3, 0.4) is 0 Å². The number of benzene rings is 2. The van der Waals surface area contributed by atoms with E-state index < -0.39 is 11.6 Å². The van der Waals surface area contributed by atoms with Crippen LogP contribution in [0.25, 0.3) is 11.3 Å². The van der Waals surface area contributed by atoms with Crippen molar-refractivity contribution in [2.75, 3.05) is 31.5 Å². The number of anilines is 1. The zero-order valence-corrected chi connectivity index (χ0v) is 28.5. The van der Waals surface area contributed by atoms with E-state index in [1.807, 2.05) is 38.1 Å². The summed E-state index contributed by atoms with van der Waals surface area (Å²) < 4.78 is 53.2. The molecule has 1 spiro atoms. The van der Waals surface area contributed by atoms with Crippen molar-refractivity contribution in [1.29, 1.82) is 0 Å². The highest BCUT2D eigenvalue weighted by Crippen LogP contribution is 2.65. The van der Waals surface area contributed by atoms with E-state index in [1.165, 1.54) is 24.8 Å². The second-order valence-electron chi connectivity index (χ2n) is 14.0. The summed E-state index contributed by atoms with van der Waals surface area (Å²) in [6, 6.07) is 16.3. The lowest BCUT2D eigenvalue weighted by Crippen LogP contribution is -2.49. The van der Waals surface area contributed by atoms with Crippen molar-refractivity contribution < 1.29 is 17.9 Å². The highest BCUT2D eigenvalue weighted by Gasteiger charge is 2.64. The number of alkyl halides is 3. The number of nitrogens with zero attached hydrogens (tertiary/aromatic N) is 3. The van der Waals surface area contributed by atoms with E-state index >= 15 is 0 Å². The van der Waals surface area contributed by atoms with E-state index in [1.54, 1.807) is 0 Å². The predicted octanol–water partition coefficient (Wildman–Crippen LogP) is 9.85. The van der Waals surface area contributed by atoms with E-state index in [9.17, 15) is 13.2 Å². The van der Waals surface area contributed by atoms with Crippen molar-refractivity contribution >= 4 is 17.9 Å². The highest BCUT2D eigenvalue weighted by molar-refractivity contribution is 8.00. The monoisotopic (exact) mass is 652 g/mol. The van der Waals surface area contributed by atoms with Crippen molar-refractivity contribution in [1.82, 2.24) is 14.9 Å². The summed E-state index contributed by atoms with van der Waals surface area (Å²) >= 11 is 1.43. The minimum atomic E-state index is -4.21. The third-order valence-corrected chi connectivity index (χ3v) is 11.7. The zero-order chi connectivity index (χ0) is 32.7. The smallest absolute Gasteiger partial charge is 0.394 e. The molecule has 0 radical (unpaired) electrons. The lowest BCUT2D eigenvalue weighted by Gasteiger charge is -2.55. The molecule has 3 heterocycles. The summed E-state index contributed by atoms with van der Waals surface area (Å²) in [5.74, 6) is 0.840. The molecule has 3 fully saturated rings. The van der Waals surface area contributed by atoms with Gasteiger partial charge in [-0.2, -0.15) is 18.2 Å². The molecule has 4 aliphatic rings. The van der Waals surface area contributed by atoms with Gasteiger partial charge in [-0.05, 0) is 137 Å².